The Morgan fingerprint density at radius 1 is 1.27 bits per heavy atom. The molecule has 0 aliphatic rings. The van der Waals surface area contributed by atoms with Gasteiger partial charge in [-0.1, -0.05) is 43.3 Å². The van der Waals surface area contributed by atoms with Gasteiger partial charge in [0.1, 0.15) is 0 Å². The zero-order valence-corrected chi connectivity index (χ0v) is 14.8. The van der Waals surface area contributed by atoms with Gasteiger partial charge in [0.15, 0.2) is 0 Å². The van der Waals surface area contributed by atoms with Gasteiger partial charge in [-0.25, -0.2) is 0 Å². The lowest BCUT2D eigenvalue weighted by Gasteiger charge is -2.19. The zero-order valence-electron chi connectivity index (χ0n) is 14.0. The molecule has 1 N–H and O–H groups in total. The van der Waals surface area contributed by atoms with Crippen LogP contribution in [0, 0.1) is 5.92 Å². The van der Waals surface area contributed by atoms with Gasteiger partial charge in [-0.05, 0) is 31.2 Å². The number of aliphatic hydroxyl groups excluding tert-OH is 1. The molecule has 1 aromatic carbocycles. The van der Waals surface area contributed by atoms with E-state index in [0.29, 0.717) is 19.2 Å². The highest BCUT2D eigenvalue weighted by molar-refractivity contribution is 7.98. The first-order valence-corrected chi connectivity index (χ1v) is 9.02. The highest BCUT2D eigenvalue weighted by Gasteiger charge is 2.13. The third kappa shape index (κ3) is 7.45. The van der Waals surface area contributed by atoms with Crippen LogP contribution in [0.4, 0.5) is 0 Å². The van der Waals surface area contributed by atoms with Gasteiger partial charge in [-0.15, -0.1) is 11.8 Å². The number of aliphatic hydroxyl groups is 1. The lowest BCUT2D eigenvalue weighted by Crippen LogP contribution is -2.20. The Morgan fingerprint density at radius 3 is 2.59 bits per heavy atom. The van der Waals surface area contributed by atoms with E-state index < -0.39 is 6.10 Å². The summed E-state index contributed by atoms with van der Waals surface area (Å²) in [4.78, 5) is 0. The van der Waals surface area contributed by atoms with E-state index in [-0.39, 0.29) is 12.0 Å². The first-order valence-electron chi connectivity index (χ1n) is 7.63. The smallest absolute Gasteiger partial charge is 0.0981 e. The number of hydrogen-bond acceptors (Lipinski definition) is 4. The van der Waals surface area contributed by atoms with Crippen molar-refractivity contribution >= 4 is 11.8 Å². The van der Waals surface area contributed by atoms with Crippen LogP contribution in [-0.4, -0.2) is 36.1 Å². The summed E-state index contributed by atoms with van der Waals surface area (Å²) in [6.45, 7) is 6.93. The zero-order chi connectivity index (χ0) is 16.4. The van der Waals surface area contributed by atoms with Crippen LogP contribution in [-0.2, 0) is 16.1 Å². The van der Waals surface area contributed by atoms with E-state index in [4.69, 9.17) is 9.47 Å². The summed E-state index contributed by atoms with van der Waals surface area (Å²) in [6, 6.07) is 9.98. The Bertz CT molecular complexity index is 433. The van der Waals surface area contributed by atoms with Crippen molar-refractivity contribution in [3.05, 3.63) is 47.5 Å². The summed E-state index contributed by atoms with van der Waals surface area (Å²) in [5.41, 5.74) is 2.05. The molecule has 0 saturated heterocycles. The third-order valence-electron chi connectivity index (χ3n) is 3.63. The van der Waals surface area contributed by atoms with Crippen LogP contribution < -0.4 is 0 Å². The second-order valence-corrected chi connectivity index (χ2v) is 6.38. The molecule has 0 heterocycles. The number of hydrogen-bond donors (Lipinski definition) is 1. The van der Waals surface area contributed by atoms with E-state index in [0.717, 1.165) is 11.1 Å². The average molecular weight is 324 g/mol. The average Bonchev–Trinajstić information content (AvgIpc) is 2.53. The molecule has 0 radical (unpaired) electrons. The SMILES string of the molecule is CSCO[C@H](C)[C@@H](C)/C=C(\C)[C@H](O)COCc1ccccc1. The second kappa shape index (κ2) is 10.8. The fraction of sp³-hybridized carbons (Fsp3) is 0.556. The Morgan fingerprint density at radius 2 is 1.95 bits per heavy atom. The molecule has 0 saturated carbocycles. The first kappa shape index (κ1) is 19.2. The minimum Gasteiger partial charge on any atom is -0.386 e. The molecule has 0 unspecified atom stereocenters. The summed E-state index contributed by atoms with van der Waals surface area (Å²) in [5, 5.41) is 10.2. The highest BCUT2D eigenvalue weighted by Crippen LogP contribution is 2.15. The standard InChI is InChI=1S/C18H28O3S/c1-14(16(3)21-13-22-4)10-15(2)18(19)12-20-11-17-8-6-5-7-9-17/h5-10,14,16,18-19H,11-13H2,1-4H3/b15-10+/t14-,16+,18+/m0/s1. The maximum absolute atomic E-state index is 10.2. The molecule has 1 rings (SSSR count). The van der Waals surface area contributed by atoms with Gasteiger partial charge in [0.25, 0.3) is 0 Å². The van der Waals surface area contributed by atoms with Gasteiger partial charge in [0.05, 0.1) is 31.4 Å². The summed E-state index contributed by atoms with van der Waals surface area (Å²) in [6.07, 6.45) is 3.66. The Labute approximate surface area is 138 Å². The molecule has 0 bridgehead atoms. The van der Waals surface area contributed by atoms with Gasteiger partial charge < -0.3 is 14.6 Å². The molecule has 0 aliphatic carbocycles. The maximum atomic E-state index is 10.2. The third-order valence-corrected chi connectivity index (χ3v) is 4.00. The minimum atomic E-state index is -0.570. The molecule has 0 aliphatic heterocycles. The van der Waals surface area contributed by atoms with Crippen LogP contribution in [0.3, 0.4) is 0 Å². The van der Waals surface area contributed by atoms with Gasteiger partial charge in [-0.2, -0.15) is 0 Å². The van der Waals surface area contributed by atoms with Crippen molar-refractivity contribution in [2.24, 2.45) is 5.92 Å². The van der Waals surface area contributed by atoms with Crippen LogP contribution in [0.5, 0.6) is 0 Å². The van der Waals surface area contributed by atoms with Crippen molar-refractivity contribution in [2.45, 2.75) is 39.6 Å². The lowest BCUT2D eigenvalue weighted by atomic mass is 10.0. The molecule has 0 aromatic heterocycles. The number of benzene rings is 1. The van der Waals surface area contributed by atoms with Gasteiger partial charge >= 0.3 is 0 Å². The lowest BCUT2D eigenvalue weighted by molar-refractivity contribution is 0.0439. The predicted molar refractivity (Wildman–Crippen MR) is 94.0 cm³/mol. The summed E-state index contributed by atoms with van der Waals surface area (Å²) in [5.74, 6) is 0.956. The molecule has 0 fully saturated rings. The first-order chi connectivity index (χ1) is 10.5. The Kier molecular flexibility index (Phi) is 9.48. The highest BCUT2D eigenvalue weighted by atomic mass is 32.2. The molecule has 3 atom stereocenters. The van der Waals surface area contributed by atoms with Crippen LogP contribution in [0.15, 0.2) is 42.0 Å². The fourth-order valence-corrected chi connectivity index (χ4v) is 2.33. The minimum absolute atomic E-state index is 0.139. The predicted octanol–water partition coefficient (Wildman–Crippen LogP) is 3.87. The van der Waals surface area contributed by atoms with Crippen molar-refractivity contribution in [3.8, 4) is 0 Å². The number of ether oxygens (including phenoxy) is 2. The molecule has 1 aromatic rings. The van der Waals surface area contributed by atoms with Crippen molar-refractivity contribution < 1.29 is 14.6 Å². The van der Waals surface area contributed by atoms with E-state index in [9.17, 15) is 5.11 Å². The molecular weight excluding hydrogens is 296 g/mol. The largest absolute Gasteiger partial charge is 0.386 e. The topological polar surface area (TPSA) is 38.7 Å². The van der Waals surface area contributed by atoms with Crippen LogP contribution >= 0.6 is 11.8 Å². The van der Waals surface area contributed by atoms with Gasteiger partial charge in [0, 0.05) is 5.92 Å². The van der Waals surface area contributed by atoms with E-state index in [1.807, 2.05) is 43.5 Å². The molecule has 22 heavy (non-hydrogen) atoms. The molecule has 124 valence electrons. The van der Waals surface area contributed by atoms with Crippen LogP contribution in [0.2, 0.25) is 0 Å². The summed E-state index contributed by atoms with van der Waals surface area (Å²) >= 11 is 1.67. The number of rotatable bonds is 10. The molecule has 0 spiro atoms. The molecular formula is C18H28O3S. The number of thioether (sulfide) groups is 1. The van der Waals surface area contributed by atoms with E-state index in [2.05, 4.69) is 19.9 Å². The van der Waals surface area contributed by atoms with Crippen molar-refractivity contribution in [1.29, 1.82) is 0 Å². The molecule has 3 nitrogen and oxygen atoms in total. The van der Waals surface area contributed by atoms with Crippen molar-refractivity contribution in [2.75, 3.05) is 18.8 Å². The van der Waals surface area contributed by atoms with Crippen molar-refractivity contribution in [1.82, 2.24) is 0 Å². The summed E-state index contributed by atoms with van der Waals surface area (Å²) in [7, 11) is 0. The van der Waals surface area contributed by atoms with Gasteiger partial charge in [-0.3, -0.25) is 0 Å². The Balaban J connectivity index is 2.36. The normalized spacial score (nSPS) is 16.3. The second-order valence-electron chi connectivity index (χ2n) is 5.56. The van der Waals surface area contributed by atoms with E-state index >= 15 is 0 Å². The van der Waals surface area contributed by atoms with Crippen LogP contribution in [0.1, 0.15) is 26.3 Å². The Hall–Kier alpha value is -0.810. The molecule has 4 heteroatoms. The van der Waals surface area contributed by atoms with Gasteiger partial charge in [0.2, 0.25) is 0 Å². The maximum Gasteiger partial charge on any atom is 0.0981 e. The van der Waals surface area contributed by atoms with Crippen molar-refractivity contribution in [3.63, 3.8) is 0 Å². The monoisotopic (exact) mass is 324 g/mol. The fourth-order valence-electron chi connectivity index (χ4n) is 1.98. The van der Waals surface area contributed by atoms with E-state index in [1.165, 1.54) is 0 Å². The summed E-state index contributed by atoms with van der Waals surface area (Å²) < 4.78 is 11.3. The quantitative estimate of drug-likeness (QED) is 0.524. The molecule has 0 amide bonds. The van der Waals surface area contributed by atoms with E-state index in [1.54, 1.807) is 11.8 Å². The van der Waals surface area contributed by atoms with Crippen LogP contribution in [0.25, 0.3) is 0 Å².